The first-order valence-corrected chi connectivity index (χ1v) is 4.77. The van der Waals surface area contributed by atoms with Gasteiger partial charge in [-0.05, 0) is 38.0 Å². The molecule has 0 unspecified atom stereocenters. The lowest BCUT2D eigenvalue weighted by atomic mass is 9.71. The van der Waals surface area contributed by atoms with E-state index >= 15 is 0 Å². The molecule has 3 heteroatoms. The van der Waals surface area contributed by atoms with Gasteiger partial charge in [-0.3, -0.25) is 4.79 Å². The Labute approximate surface area is 78.5 Å². The van der Waals surface area contributed by atoms with Gasteiger partial charge in [-0.15, -0.1) is 0 Å². The smallest absolute Gasteiger partial charge is 0.293 e. The van der Waals surface area contributed by atoms with Crippen LogP contribution in [-0.4, -0.2) is 18.9 Å². The first kappa shape index (κ1) is 10.2. The maximum atomic E-state index is 10.7. The predicted octanol–water partition coefficient (Wildman–Crippen LogP) is 1.55. The third-order valence-corrected chi connectivity index (χ3v) is 2.62. The van der Waals surface area contributed by atoms with Crippen LogP contribution in [0.5, 0.6) is 0 Å². The van der Waals surface area contributed by atoms with E-state index in [-0.39, 0.29) is 5.78 Å². The van der Waals surface area contributed by atoms with Gasteiger partial charge in [0.25, 0.3) is 6.47 Å². The first-order chi connectivity index (χ1) is 6.22. The molecule has 1 fully saturated rings. The highest BCUT2D eigenvalue weighted by Gasteiger charge is 2.29. The Morgan fingerprint density at radius 3 is 2.69 bits per heavy atom. The van der Waals surface area contributed by atoms with Crippen LogP contribution < -0.4 is 0 Å². The summed E-state index contributed by atoms with van der Waals surface area (Å²) in [5.41, 5.74) is 0. The zero-order chi connectivity index (χ0) is 9.68. The van der Waals surface area contributed by atoms with Gasteiger partial charge >= 0.3 is 0 Å². The second-order valence-electron chi connectivity index (χ2n) is 3.87. The molecule has 74 valence electrons. The van der Waals surface area contributed by atoms with Crippen molar-refractivity contribution in [2.75, 3.05) is 6.61 Å². The number of hydrogen-bond donors (Lipinski definition) is 0. The minimum Gasteiger partial charge on any atom is -0.468 e. The molecular formula is C10H16O3. The van der Waals surface area contributed by atoms with Crippen molar-refractivity contribution in [2.45, 2.75) is 32.6 Å². The van der Waals surface area contributed by atoms with Gasteiger partial charge in [-0.1, -0.05) is 0 Å². The lowest BCUT2D eigenvalue weighted by molar-refractivity contribution is -0.129. The topological polar surface area (TPSA) is 43.4 Å². The number of hydrogen-bond acceptors (Lipinski definition) is 3. The Bertz CT molecular complexity index is 183. The summed E-state index contributed by atoms with van der Waals surface area (Å²) in [5, 5.41) is 0. The second kappa shape index (κ2) is 5.00. The highest BCUT2D eigenvalue weighted by Crippen LogP contribution is 2.38. The van der Waals surface area contributed by atoms with E-state index in [0.29, 0.717) is 24.9 Å². The lowest BCUT2D eigenvalue weighted by Gasteiger charge is -2.34. The largest absolute Gasteiger partial charge is 0.468 e. The van der Waals surface area contributed by atoms with E-state index in [0.717, 1.165) is 25.7 Å². The molecular weight excluding hydrogens is 168 g/mol. The van der Waals surface area contributed by atoms with Gasteiger partial charge in [-0.2, -0.15) is 0 Å². The summed E-state index contributed by atoms with van der Waals surface area (Å²) >= 11 is 0. The molecule has 0 aliphatic heterocycles. The molecule has 0 aromatic heterocycles. The van der Waals surface area contributed by atoms with Gasteiger partial charge in [0.1, 0.15) is 5.78 Å². The van der Waals surface area contributed by atoms with Crippen molar-refractivity contribution in [3.05, 3.63) is 0 Å². The van der Waals surface area contributed by atoms with Crippen LogP contribution in [0.15, 0.2) is 0 Å². The summed E-state index contributed by atoms with van der Waals surface area (Å²) < 4.78 is 4.61. The highest BCUT2D eigenvalue weighted by molar-refractivity contribution is 5.75. The van der Waals surface area contributed by atoms with E-state index < -0.39 is 0 Å². The van der Waals surface area contributed by atoms with Crippen LogP contribution in [0.1, 0.15) is 32.6 Å². The van der Waals surface area contributed by atoms with E-state index in [1.165, 1.54) is 0 Å². The Morgan fingerprint density at radius 1 is 1.46 bits per heavy atom. The number of carbonyl (C=O) groups is 2. The summed E-state index contributed by atoms with van der Waals surface area (Å²) in [6.45, 7) is 2.66. The molecule has 0 atom stereocenters. The van der Waals surface area contributed by atoms with Crippen molar-refractivity contribution >= 4 is 12.3 Å². The van der Waals surface area contributed by atoms with E-state index in [2.05, 4.69) is 4.74 Å². The van der Waals surface area contributed by atoms with Crippen molar-refractivity contribution < 1.29 is 14.3 Å². The van der Waals surface area contributed by atoms with Crippen LogP contribution in [0.2, 0.25) is 0 Å². The van der Waals surface area contributed by atoms with Crippen molar-refractivity contribution in [1.29, 1.82) is 0 Å². The zero-order valence-corrected chi connectivity index (χ0v) is 7.99. The van der Waals surface area contributed by atoms with Gasteiger partial charge in [0.15, 0.2) is 0 Å². The quantitative estimate of drug-likeness (QED) is 0.464. The Hall–Kier alpha value is -0.860. The van der Waals surface area contributed by atoms with Crippen LogP contribution in [0.3, 0.4) is 0 Å². The maximum Gasteiger partial charge on any atom is 0.293 e. The molecule has 13 heavy (non-hydrogen) atoms. The highest BCUT2D eigenvalue weighted by atomic mass is 16.5. The molecule has 0 aromatic carbocycles. The van der Waals surface area contributed by atoms with E-state index in [4.69, 9.17) is 0 Å². The summed E-state index contributed by atoms with van der Waals surface area (Å²) in [6.07, 6.45) is 3.93. The van der Waals surface area contributed by atoms with Crippen LogP contribution in [0, 0.1) is 11.8 Å². The molecule has 0 spiro atoms. The molecule has 0 amide bonds. The normalized spacial score (nSPS) is 26.2. The van der Waals surface area contributed by atoms with Crippen molar-refractivity contribution in [2.24, 2.45) is 11.8 Å². The third kappa shape index (κ3) is 3.57. The minimum absolute atomic E-state index is 0.285. The van der Waals surface area contributed by atoms with Crippen molar-refractivity contribution in [3.63, 3.8) is 0 Å². The number of carbonyl (C=O) groups excluding carboxylic acids is 2. The van der Waals surface area contributed by atoms with Crippen LogP contribution in [0.25, 0.3) is 0 Å². The summed E-state index contributed by atoms with van der Waals surface area (Å²) in [6, 6.07) is 0. The van der Waals surface area contributed by atoms with Crippen LogP contribution >= 0.6 is 0 Å². The average molecular weight is 184 g/mol. The lowest BCUT2D eigenvalue weighted by Crippen LogP contribution is -2.26. The maximum absolute atomic E-state index is 10.7. The van der Waals surface area contributed by atoms with Gasteiger partial charge < -0.3 is 9.53 Å². The van der Waals surface area contributed by atoms with E-state index in [1.807, 2.05) is 0 Å². The third-order valence-electron chi connectivity index (χ3n) is 2.62. The molecule has 0 saturated heterocycles. The Morgan fingerprint density at radius 2 is 2.15 bits per heavy atom. The zero-order valence-electron chi connectivity index (χ0n) is 7.99. The first-order valence-electron chi connectivity index (χ1n) is 4.77. The Kier molecular flexibility index (Phi) is 3.93. The monoisotopic (exact) mass is 184 g/mol. The Balaban J connectivity index is 1.98. The molecule has 0 aromatic rings. The number of Topliss-reactive ketones (excluding diaryl/α,β-unsaturated/α-hetero) is 1. The minimum atomic E-state index is 0.285. The molecule has 0 radical (unpaired) electrons. The molecule has 3 nitrogen and oxygen atoms in total. The van der Waals surface area contributed by atoms with Gasteiger partial charge in [-0.25, -0.2) is 0 Å². The SMILES string of the molecule is CC(=O)CC1CC(CCOC=O)C1. The van der Waals surface area contributed by atoms with E-state index in [1.54, 1.807) is 6.92 Å². The molecule has 1 aliphatic carbocycles. The van der Waals surface area contributed by atoms with Gasteiger partial charge in [0.2, 0.25) is 0 Å². The fourth-order valence-electron chi connectivity index (χ4n) is 1.97. The van der Waals surface area contributed by atoms with Gasteiger partial charge in [0, 0.05) is 6.42 Å². The summed E-state index contributed by atoms with van der Waals surface area (Å²) in [4.78, 5) is 20.6. The summed E-state index contributed by atoms with van der Waals surface area (Å²) in [7, 11) is 0. The van der Waals surface area contributed by atoms with Crippen molar-refractivity contribution in [1.82, 2.24) is 0 Å². The fraction of sp³-hybridized carbons (Fsp3) is 0.800. The molecule has 0 bridgehead atoms. The molecule has 0 N–H and O–H groups in total. The second-order valence-corrected chi connectivity index (χ2v) is 3.87. The van der Waals surface area contributed by atoms with E-state index in [9.17, 15) is 9.59 Å². The summed E-state index contributed by atoms with van der Waals surface area (Å²) in [5.74, 6) is 1.55. The van der Waals surface area contributed by atoms with Crippen LogP contribution in [-0.2, 0) is 14.3 Å². The number of ether oxygens (including phenoxy) is 1. The number of ketones is 1. The predicted molar refractivity (Wildman–Crippen MR) is 48.1 cm³/mol. The molecule has 1 aliphatic rings. The number of rotatable bonds is 6. The fourth-order valence-corrected chi connectivity index (χ4v) is 1.97. The molecule has 0 heterocycles. The van der Waals surface area contributed by atoms with Crippen LogP contribution in [0.4, 0.5) is 0 Å². The molecule has 1 rings (SSSR count). The van der Waals surface area contributed by atoms with Gasteiger partial charge in [0.05, 0.1) is 6.61 Å². The average Bonchev–Trinajstić information content (AvgIpc) is 1.99. The molecule has 1 saturated carbocycles. The standard InChI is InChI=1S/C10H16O3/c1-8(12)4-10-5-9(6-10)2-3-13-7-11/h7,9-10H,2-6H2,1H3. The van der Waals surface area contributed by atoms with Crippen molar-refractivity contribution in [3.8, 4) is 0 Å².